The monoisotopic (exact) mass is 340 g/mol. The van der Waals surface area contributed by atoms with E-state index < -0.39 is 0 Å². The van der Waals surface area contributed by atoms with Crippen molar-refractivity contribution in [1.29, 1.82) is 0 Å². The molecule has 0 aliphatic carbocycles. The van der Waals surface area contributed by atoms with Gasteiger partial charge in [-0.1, -0.05) is 12.1 Å². The number of unbranched alkanes of at least 4 members (excludes halogenated alkanes) is 1. The summed E-state index contributed by atoms with van der Waals surface area (Å²) < 4.78 is 23.4. The highest BCUT2D eigenvalue weighted by atomic mass is 19.1. The topological polar surface area (TPSA) is 47.3 Å². The van der Waals surface area contributed by atoms with E-state index in [1.54, 1.807) is 0 Å². The summed E-state index contributed by atoms with van der Waals surface area (Å²) >= 11 is 0. The Bertz CT molecular complexity index is 841. The van der Waals surface area contributed by atoms with Crippen LogP contribution in [0, 0.1) is 0 Å². The quantitative estimate of drug-likeness (QED) is 0.575. The van der Waals surface area contributed by atoms with Crippen LogP contribution in [0.25, 0.3) is 23.3 Å². The van der Waals surface area contributed by atoms with Gasteiger partial charge in [0.05, 0.1) is 13.3 Å². The molecule has 1 N–H and O–H groups in total. The van der Waals surface area contributed by atoms with E-state index in [0.717, 1.165) is 16.8 Å². The van der Waals surface area contributed by atoms with Crippen LogP contribution in [0.15, 0.2) is 46.9 Å². The number of nitrogens with zero attached hydrogens (tertiary/aromatic N) is 1. The summed E-state index contributed by atoms with van der Waals surface area (Å²) in [5.74, 6) is 1.25. The molecule has 1 aromatic heterocycles. The number of nitrogens with one attached hydrogen (secondary N) is 1. The lowest BCUT2D eigenvalue weighted by Gasteiger charge is -2.04. The molecule has 25 heavy (non-hydrogen) atoms. The highest BCUT2D eigenvalue weighted by molar-refractivity contribution is 5.77. The van der Waals surface area contributed by atoms with E-state index in [1.807, 2.05) is 61.7 Å². The van der Waals surface area contributed by atoms with Crippen LogP contribution in [0.3, 0.4) is 0 Å². The molecule has 3 rings (SSSR count). The third kappa shape index (κ3) is 4.59. The van der Waals surface area contributed by atoms with Gasteiger partial charge in [-0.3, -0.25) is 4.39 Å². The molecule has 0 saturated heterocycles. The number of benzene rings is 2. The molecule has 0 radical (unpaired) electrons. The molecule has 0 unspecified atom stereocenters. The zero-order valence-electron chi connectivity index (χ0n) is 14.2. The van der Waals surface area contributed by atoms with Gasteiger partial charge in [-0.25, -0.2) is 4.98 Å². The first-order valence-electron chi connectivity index (χ1n) is 8.34. The van der Waals surface area contributed by atoms with Gasteiger partial charge >= 0.3 is 0 Å². The predicted molar refractivity (Wildman–Crippen MR) is 99.6 cm³/mol. The van der Waals surface area contributed by atoms with Crippen LogP contribution < -0.4 is 10.1 Å². The minimum atomic E-state index is -0.308. The lowest BCUT2D eigenvalue weighted by Crippen LogP contribution is -1.97. The number of oxazole rings is 1. The molecule has 5 heteroatoms. The zero-order chi connectivity index (χ0) is 17.5. The third-order valence-corrected chi connectivity index (χ3v) is 3.79. The van der Waals surface area contributed by atoms with Crippen molar-refractivity contribution in [3.05, 3.63) is 53.9 Å². The van der Waals surface area contributed by atoms with Crippen molar-refractivity contribution in [2.24, 2.45) is 0 Å². The van der Waals surface area contributed by atoms with Crippen LogP contribution in [0.2, 0.25) is 0 Å². The molecule has 0 atom stereocenters. The van der Waals surface area contributed by atoms with Crippen molar-refractivity contribution < 1.29 is 13.5 Å². The number of aromatic nitrogens is 1. The Morgan fingerprint density at radius 1 is 1.12 bits per heavy atom. The van der Waals surface area contributed by atoms with Gasteiger partial charge in [-0.15, -0.1) is 0 Å². The number of hydrogen-bond donors (Lipinski definition) is 1. The van der Waals surface area contributed by atoms with Crippen LogP contribution in [0.4, 0.5) is 10.1 Å². The maximum absolute atomic E-state index is 12.1. The molecule has 0 fully saturated rings. The zero-order valence-corrected chi connectivity index (χ0v) is 14.2. The van der Waals surface area contributed by atoms with Gasteiger partial charge in [-0.05, 0) is 48.7 Å². The first-order valence-corrected chi connectivity index (χ1v) is 8.34. The van der Waals surface area contributed by atoms with E-state index in [4.69, 9.17) is 9.15 Å². The molecule has 130 valence electrons. The van der Waals surface area contributed by atoms with Crippen molar-refractivity contribution in [3.63, 3.8) is 0 Å². The minimum Gasteiger partial charge on any atom is -0.493 e. The molecule has 0 saturated carbocycles. The van der Waals surface area contributed by atoms with E-state index in [-0.39, 0.29) is 6.67 Å². The number of rotatable bonds is 8. The van der Waals surface area contributed by atoms with Crippen LogP contribution in [0.5, 0.6) is 5.75 Å². The second kappa shape index (κ2) is 8.33. The average molecular weight is 340 g/mol. The lowest BCUT2D eigenvalue weighted by atomic mass is 10.2. The molecule has 0 aliphatic heterocycles. The Hall–Kier alpha value is -2.82. The maximum atomic E-state index is 12.1. The van der Waals surface area contributed by atoms with Crippen LogP contribution in [0.1, 0.15) is 24.3 Å². The van der Waals surface area contributed by atoms with Crippen LogP contribution >= 0.6 is 0 Å². The second-order valence-electron chi connectivity index (χ2n) is 5.63. The summed E-state index contributed by atoms with van der Waals surface area (Å²) in [6.07, 6.45) is 5.02. The second-order valence-corrected chi connectivity index (χ2v) is 5.63. The number of fused-ring (bicyclic) bond motifs is 1. The largest absolute Gasteiger partial charge is 0.493 e. The molecule has 1 heterocycles. The van der Waals surface area contributed by atoms with Gasteiger partial charge in [0.15, 0.2) is 5.58 Å². The molecule has 4 nitrogen and oxygen atoms in total. The van der Waals surface area contributed by atoms with Gasteiger partial charge in [0, 0.05) is 24.9 Å². The average Bonchev–Trinajstić information content (AvgIpc) is 3.06. The summed E-state index contributed by atoms with van der Waals surface area (Å²) in [7, 11) is 1.89. The maximum Gasteiger partial charge on any atom is 0.220 e. The summed E-state index contributed by atoms with van der Waals surface area (Å²) in [4.78, 5) is 4.44. The molecule has 2 aromatic carbocycles. The third-order valence-electron chi connectivity index (χ3n) is 3.79. The molecule has 0 bridgehead atoms. The highest BCUT2D eigenvalue weighted by Gasteiger charge is 2.05. The van der Waals surface area contributed by atoms with Crippen molar-refractivity contribution >= 4 is 28.9 Å². The van der Waals surface area contributed by atoms with Gasteiger partial charge < -0.3 is 14.5 Å². The van der Waals surface area contributed by atoms with E-state index >= 15 is 0 Å². The Balaban J connectivity index is 1.68. The number of halogens is 1. The summed E-state index contributed by atoms with van der Waals surface area (Å²) in [6, 6.07) is 13.6. The van der Waals surface area contributed by atoms with Crippen molar-refractivity contribution in [3.8, 4) is 5.75 Å². The number of hydrogen-bond acceptors (Lipinski definition) is 4. The van der Waals surface area contributed by atoms with E-state index in [0.29, 0.717) is 36.7 Å². The molecular formula is C20H21FN2O2. The van der Waals surface area contributed by atoms with Gasteiger partial charge in [0.2, 0.25) is 5.89 Å². The first kappa shape index (κ1) is 17.0. The SMILES string of the molecule is CNc1ccc(/C=C/c2nc3ccc(OCCCCF)cc3o2)cc1. The summed E-state index contributed by atoms with van der Waals surface area (Å²) in [6.45, 7) is 0.191. The number of ether oxygens (including phenoxy) is 1. The lowest BCUT2D eigenvalue weighted by molar-refractivity contribution is 0.297. The highest BCUT2D eigenvalue weighted by Crippen LogP contribution is 2.23. The van der Waals surface area contributed by atoms with Gasteiger partial charge in [0.1, 0.15) is 11.3 Å². The summed E-state index contributed by atoms with van der Waals surface area (Å²) in [5.41, 5.74) is 3.59. The normalized spacial score (nSPS) is 11.3. The predicted octanol–water partition coefficient (Wildman–Crippen LogP) is 5.17. The molecule has 0 spiro atoms. The summed E-state index contributed by atoms with van der Waals surface area (Å²) in [5, 5.41) is 3.09. The van der Waals surface area contributed by atoms with Gasteiger partial charge in [-0.2, -0.15) is 0 Å². The fourth-order valence-corrected chi connectivity index (χ4v) is 2.40. The molecule has 0 aliphatic rings. The Morgan fingerprint density at radius 2 is 1.96 bits per heavy atom. The van der Waals surface area contributed by atoms with E-state index in [2.05, 4.69) is 10.3 Å². The Labute approximate surface area is 146 Å². The molecular weight excluding hydrogens is 319 g/mol. The van der Waals surface area contributed by atoms with Crippen LogP contribution in [-0.4, -0.2) is 25.3 Å². The smallest absolute Gasteiger partial charge is 0.220 e. The molecule has 0 amide bonds. The number of anilines is 1. The van der Waals surface area contributed by atoms with Crippen molar-refractivity contribution in [2.45, 2.75) is 12.8 Å². The fraction of sp³-hybridized carbons (Fsp3) is 0.250. The van der Waals surface area contributed by atoms with E-state index in [9.17, 15) is 4.39 Å². The van der Waals surface area contributed by atoms with Crippen LogP contribution in [-0.2, 0) is 0 Å². The fourth-order valence-electron chi connectivity index (χ4n) is 2.40. The standard InChI is InChI=1S/C20H21FN2O2/c1-22-16-7-4-15(5-8-16)6-11-20-23-18-10-9-17(14-19(18)25-20)24-13-3-2-12-21/h4-11,14,22H,2-3,12-13H2,1H3/b11-6+. The van der Waals surface area contributed by atoms with Gasteiger partial charge in [0.25, 0.3) is 0 Å². The Morgan fingerprint density at radius 3 is 2.72 bits per heavy atom. The molecule has 3 aromatic rings. The van der Waals surface area contributed by atoms with Crippen molar-refractivity contribution in [2.75, 3.05) is 25.6 Å². The minimum absolute atomic E-state index is 0.308. The van der Waals surface area contributed by atoms with E-state index in [1.165, 1.54) is 0 Å². The van der Waals surface area contributed by atoms with Crippen molar-refractivity contribution in [1.82, 2.24) is 4.98 Å². The number of alkyl halides is 1. The Kier molecular flexibility index (Phi) is 5.67. The first-order chi connectivity index (χ1) is 12.3.